The number of carbonyl (C=O) groups excluding carboxylic acids is 2. The van der Waals surface area contributed by atoms with E-state index < -0.39 is 11.8 Å². The topological polar surface area (TPSA) is 70.6 Å². The van der Waals surface area contributed by atoms with Crippen molar-refractivity contribution in [1.29, 1.82) is 0 Å². The number of nitrogens with one attached hydrogen (secondary N) is 2. The minimum atomic E-state index is -0.414. The zero-order valence-corrected chi connectivity index (χ0v) is 12.4. The highest BCUT2D eigenvalue weighted by atomic mass is 35.5. The first-order valence-corrected chi connectivity index (χ1v) is 7.30. The summed E-state index contributed by atoms with van der Waals surface area (Å²) < 4.78 is 0. The molecule has 0 aliphatic rings. The molecule has 7 heteroatoms. The third-order valence-corrected chi connectivity index (χ3v) is 3.59. The summed E-state index contributed by atoms with van der Waals surface area (Å²) in [6, 6.07) is 10.4. The van der Waals surface area contributed by atoms with Crippen molar-refractivity contribution < 1.29 is 9.59 Å². The van der Waals surface area contributed by atoms with Gasteiger partial charge in [0.05, 0.1) is 23.3 Å². The molecule has 5 nitrogen and oxygen atoms in total. The van der Waals surface area contributed by atoms with E-state index in [0.717, 1.165) is 4.88 Å². The highest BCUT2D eigenvalue weighted by Crippen LogP contribution is 2.14. The third kappa shape index (κ3) is 4.70. The molecule has 0 unspecified atom stereocenters. The van der Waals surface area contributed by atoms with Crippen LogP contribution in [0.15, 0.2) is 46.9 Å². The van der Waals surface area contributed by atoms with Crippen molar-refractivity contribution in [1.82, 2.24) is 10.7 Å². The first-order chi connectivity index (χ1) is 10.2. The molecule has 0 spiro atoms. The van der Waals surface area contributed by atoms with Gasteiger partial charge in [0.1, 0.15) is 0 Å². The summed E-state index contributed by atoms with van der Waals surface area (Å²) in [5, 5.41) is 8.52. The summed E-state index contributed by atoms with van der Waals surface area (Å²) in [6.45, 7) is -0.175. The van der Waals surface area contributed by atoms with Crippen LogP contribution in [0.2, 0.25) is 5.02 Å². The number of hydrogen-bond acceptors (Lipinski definition) is 4. The highest BCUT2D eigenvalue weighted by molar-refractivity contribution is 7.11. The summed E-state index contributed by atoms with van der Waals surface area (Å²) in [7, 11) is 0. The lowest BCUT2D eigenvalue weighted by atomic mass is 10.2. The highest BCUT2D eigenvalue weighted by Gasteiger charge is 2.10. The number of amides is 2. The average molecular weight is 322 g/mol. The van der Waals surface area contributed by atoms with Crippen molar-refractivity contribution in [2.24, 2.45) is 5.10 Å². The Morgan fingerprint density at radius 2 is 2.05 bits per heavy atom. The van der Waals surface area contributed by atoms with E-state index in [9.17, 15) is 9.59 Å². The lowest BCUT2D eigenvalue weighted by Crippen LogP contribution is -2.35. The van der Waals surface area contributed by atoms with Crippen LogP contribution in [-0.4, -0.2) is 24.6 Å². The molecule has 0 radical (unpaired) electrons. The second-order valence-corrected chi connectivity index (χ2v) is 5.36. The summed E-state index contributed by atoms with van der Waals surface area (Å²) >= 11 is 7.40. The standard InChI is InChI=1S/C14H12ClN3O2S/c15-12-6-2-1-5-11(12)14(20)16-9-13(19)18-17-8-10-4-3-7-21-10/h1-8H,9H2,(H,16,20)(H,18,19)/b17-8+. The molecule has 0 aliphatic carbocycles. The predicted molar refractivity (Wildman–Crippen MR) is 83.8 cm³/mol. The van der Waals surface area contributed by atoms with Gasteiger partial charge in [-0.25, -0.2) is 5.43 Å². The van der Waals surface area contributed by atoms with E-state index in [4.69, 9.17) is 11.6 Å². The predicted octanol–water partition coefficient (Wildman–Crippen LogP) is 2.28. The van der Waals surface area contributed by atoms with Gasteiger partial charge < -0.3 is 5.32 Å². The Morgan fingerprint density at radius 1 is 1.24 bits per heavy atom. The average Bonchev–Trinajstić information content (AvgIpc) is 2.98. The number of benzene rings is 1. The molecule has 0 bridgehead atoms. The van der Waals surface area contributed by atoms with E-state index in [1.165, 1.54) is 11.3 Å². The second-order valence-electron chi connectivity index (χ2n) is 3.97. The largest absolute Gasteiger partial charge is 0.343 e. The van der Waals surface area contributed by atoms with Crippen molar-refractivity contribution in [2.75, 3.05) is 6.54 Å². The van der Waals surface area contributed by atoms with Crippen molar-refractivity contribution in [3.63, 3.8) is 0 Å². The van der Waals surface area contributed by atoms with Crippen LogP contribution in [0, 0.1) is 0 Å². The van der Waals surface area contributed by atoms with Crippen LogP contribution in [0.25, 0.3) is 0 Å². The number of hydrogen-bond donors (Lipinski definition) is 2. The number of carbonyl (C=O) groups is 2. The van der Waals surface area contributed by atoms with Crippen molar-refractivity contribution in [3.8, 4) is 0 Å². The SMILES string of the molecule is O=C(CNC(=O)c1ccccc1Cl)N/N=C/c1cccs1. The molecule has 1 aromatic heterocycles. The minimum Gasteiger partial charge on any atom is -0.343 e. The lowest BCUT2D eigenvalue weighted by molar-refractivity contribution is -0.120. The van der Waals surface area contributed by atoms with Gasteiger partial charge in [0.25, 0.3) is 11.8 Å². The number of rotatable bonds is 5. The zero-order valence-electron chi connectivity index (χ0n) is 10.9. The summed E-state index contributed by atoms with van der Waals surface area (Å²) in [4.78, 5) is 24.3. The molecule has 108 valence electrons. The van der Waals surface area contributed by atoms with Gasteiger partial charge in [0, 0.05) is 4.88 Å². The maximum atomic E-state index is 11.8. The molecule has 0 saturated heterocycles. The van der Waals surface area contributed by atoms with Gasteiger partial charge >= 0.3 is 0 Å². The molecule has 2 aromatic rings. The van der Waals surface area contributed by atoms with Crippen molar-refractivity contribution in [2.45, 2.75) is 0 Å². The van der Waals surface area contributed by atoms with Crippen LogP contribution in [0.4, 0.5) is 0 Å². The Balaban J connectivity index is 1.79. The number of thiophene rings is 1. The van der Waals surface area contributed by atoms with E-state index in [2.05, 4.69) is 15.8 Å². The van der Waals surface area contributed by atoms with Gasteiger partial charge in [0.2, 0.25) is 0 Å². The first kappa shape index (κ1) is 15.2. The quantitative estimate of drug-likeness (QED) is 0.655. The van der Waals surface area contributed by atoms with Crippen LogP contribution < -0.4 is 10.7 Å². The molecule has 0 atom stereocenters. The first-order valence-electron chi connectivity index (χ1n) is 6.05. The molecule has 0 fully saturated rings. The number of nitrogens with zero attached hydrogens (tertiary/aromatic N) is 1. The maximum absolute atomic E-state index is 11.8. The Bertz CT molecular complexity index is 656. The monoisotopic (exact) mass is 321 g/mol. The zero-order chi connectivity index (χ0) is 15.1. The van der Waals surface area contributed by atoms with Gasteiger partial charge in [-0.05, 0) is 23.6 Å². The molecule has 0 aliphatic heterocycles. The minimum absolute atomic E-state index is 0.175. The normalized spacial score (nSPS) is 10.5. The molecular weight excluding hydrogens is 310 g/mol. The smallest absolute Gasteiger partial charge is 0.259 e. The van der Waals surface area contributed by atoms with E-state index in [1.54, 1.807) is 30.5 Å². The molecule has 1 aromatic carbocycles. The van der Waals surface area contributed by atoms with Gasteiger partial charge in [-0.15, -0.1) is 11.3 Å². The Morgan fingerprint density at radius 3 is 2.76 bits per heavy atom. The van der Waals surface area contributed by atoms with E-state index in [-0.39, 0.29) is 6.54 Å². The molecule has 2 amide bonds. The van der Waals surface area contributed by atoms with Crippen LogP contribution in [0.1, 0.15) is 15.2 Å². The fourth-order valence-corrected chi connectivity index (χ4v) is 2.28. The van der Waals surface area contributed by atoms with E-state index in [0.29, 0.717) is 10.6 Å². The molecule has 21 heavy (non-hydrogen) atoms. The summed E-state index contributed by atoms with van der Waals surface area (Å²) in [5.74, 6) is -0.818. The third-order valence-electron chi connectivity index (χ3n) is 2.45. The van der Waals surface area contributed by atoms with E-state index >= 15 is 0 Å². The van der Waals surface area contributed by atoms with Crippen LogP contribution in [0.3, 0.4) is 0 Å². The lowest BCUT2D eigenvalue weighted by Gasteiger charge is -2.05. The van der Waals surface area contributed by atoms with Crippen LogP contribution in [0.5, 0.6) is 0 Å². The summed E-state index contributed by atoms with van der Waals surface area (Å²) in [6.07, 6.45) is 1.54. The number of hydrazone groups is 1. The molecule has 1 heterocycles. The van der Waals surface area contributed by atoms with Gasteiger partial charge in [-0.2, -0.15) is 5.10 Å². The Hall–Kier alpha value is -2.18. The van der Waals surface area contributed by atoms with Gasteiger partial charge in [-0.1, -0.05) is 29.8 Å². The summed E-state index contributed by atoms with van der Waals surface area (Å²) in [5.41, 5.74) is 2.66. The molecule has 2 rings (SSSR count). The van der Waals surface area contributed by atoms with Crippen LogP contribution >= 0.6 is 22.9 Å². The fraction of sp³-hybridized carbons (Fsp3) is 0.0714. The van der Waals surface area contributed by atoms with Crippen LogP contribution in [-0.2, 0) is 4.79 Å². The number of halogens is 1. The van der Waals surface area contributed by atoms with Crippen molar-refractivity contribution in [3.05, 3.63) is 57.2 Å². The Kier molecular flexibility index (Phi) is 5.48. The molecular formula is C14H12ClN3O2S. The molecule has 2 N–H and O–H groups in total. The molecule has 0 saturated carbocycles. The van der Waals surface area contributed by atoms with E-state index in [1.807, 2.05) is 17.5 Å². The van der Waals surface area contributed by atoms with Gasteiger partial charge in [0.15, 0.2) is 0 Å². The maximum Gasteiger partial charge on any atom is 0.259 e. The Labute approximate surface area is 130 Å². The van der Waals surface area contributed by atoms with Crippen molar-refractivity contribution >= 4 is 41.0 Å². The van der Waals surface area contributed by atoms with Gasteiger partial charge in [-0.3, -0.25) is 9.59 Å². The second kappa shape index (κ2) is 7.56. The fourth-order valence-electron chi connectivity index (χ4n) is 1.47.